The number of rotatable bonds is 4. The van der Waals surface area contributed by atoms with Crippen molar-refractivity contribution in [3.05, 3.63) is 35.4 Å². The fourth-order valence-electron chi connectivity index (χ4n) is 2.48. The van der Waals surface area contributed by atoms with E-state index < -0.39 is 5.97 Å². The molecule has 1 N–H and O–H groups in total. The lowest BCUT2D eigenvalue weighted by atomic mass is 9.69. The van der Waals surface area contributed by atoms with Crippen LogP contribution in [0.2, 0.25) is 0 Å². The summed E-state index contributed by atoms with van der Waals surface area (Å²) in [5.74, 6) is -0.751. The molecule has 1 amide bonds. The van der Waals surface area contributed by atoms with Crippen LogP contribution in [0.25, 0.3) is 0 Å². The predicted molar refractivity (Wildman–Crippen MR) is 71.8 cm³/mol. The zero-order chi connectivity index (χ0) is 14.0. The number of benzene rings is 1. The normalized spacial score (nSPS) is 16.5. The van der Waals surface area contributed by atoms with Crippen LogP contribution in [0.5, 0.6) is 0 Å². The first-order valence-electron chi connectivity index (χ1n) is 6.50. The van der Waals surface area contributed by atoms with Crippen molar-refractivity contribution in [3.8, 4) is 0 Å². The molecular formula is C15H19NO3. The molecule has 0 heterocycles. The largest absolute Gasteiger partial charge is 0.478 e. The minimum atomic E-state index is -0.932. The molecule has 0 bridgehead atoms. The summed E-state index contributed by atoms with van der Waals surface area (Å²) < 4.78 is 0. The molecule has 0 aromatic heterocycles. The van der Waals surface area contributed by atoms with Gasteiger partial charge in [-0.25, -0.2) is 4.79 Å². The summed E-state index contributed by atoms with van der Waals surface area (Å²) in [6.45, 7) is 2.54. The second kappa shape index (κ2) is 5.03. The predicted octanol–water partition coefficient (Wildman–Crippen LogP) is 2.53. The van der Waals surface area contributed by atoms with Crippen LogP contribution < -0.4 is 0 Å². The maximum atomic E-state index is 12.3. The molecule has 4 heteroatoms. The highest BCUT2D eigenvalue weighted by atomic mass is 16.4. The first-order valence-corrected chi connectivity index (χ1v) is 6.50. The molecule has 0 atom stereocenters. The molecule has 0 aliphatic heterocycles. The Bertz CT molecular complexity index is 489. The molecule has 0 spiro atoms. The Morgan fingerprint density at radius 1 is 1.26 bits per heavy atom. The van der Waals surface area contributed by atoms with Gasteiger partial charge in [0.25, 0.3) is 0 Å². The Kier molecular flexibility index (Phi) is 3.60. The third-order valence-electron chi connectivity index (χ3n) is 3.94. The Hall–Kier alpha value is -1.84. The van der Waals surface area contributed by atoms with Gasteiger partial charge >= 0.3 is 5.97 Å². The van der Waals surface area contributed by atoms with E-state index in [2.05, 4.69) is 0 Å². The molecule has 102 valence electrons. The van der Waals surface area contributed by atoms with Crippen LogP contribution >= 0.6 is 0 Å². The van der Waals surface area contributed by atoms with Crippen molar-refractivity contribution in [2.45, 2.75) is 32.7 Å². The van der Waals surface area contributed by atoms with Gasteiger partial charge in [0.05, 0.1) is 5.56 Å². The fraction of sp³-hybridized carbons (Fsp3) is 0.467. The molecule has 0 radical (unpaired) electrons. The lowest BCUT2D eigenvalue weighted by molar-refractivity contribution is -0.145. The quantitative estimate of drug-likeness (QED) is 0.906. The van der Waals surface area contributed by atoms with Crippen molar-refractivity contribution in [1.82, 2.24) is 4.90 Å². The van der Waals surface area contributed by atoms with Crippen LogP contribution in [0.15, 0.2) is 24.3 Å². The van der Waals surface area contributed by atoms with Crippen LogP contribution in [0.1, 0.15) is 42.1 Å². The van der Waals surface area contributed by atoms with Gasteiger partial charge in [0, 0.05) is 19.0 Å². The first kappa shape index (κ1) is 13.6. The zero-order valence-electron chi connectivity index (χ0n) is 11.3. The Balaban J connectivity index is 2.00. The molecule has 1 fully saturated rings. The average Bonchev–Trinajstić information content (AvgIpc) is 2.35. The van der Waals surface area contributed by atoms with E-state index in [-0.39, 0.29) is 16.9 Å². The molecule has 1 aliphatic rings. The van der Waals surface area contributed by atoms with Crippen molar-refractivity contribution in [2.75, 3.05) is 7.05 Å². The number of hydrogen-bond acceptors (Lipinski definition) is 2. The fourth-order valence-corrected chi connectivity index (χ4v) is 2.48. The highest BCUT2D eigenvalue weighted by Gasteiger charge is 2.40. The van der Waals surface area contributed by atoms with Gasteiger partial charge in [-0.3, -0.25) is 4.79 Å². The Labute approximate surface area is 113 Å². The Morgan fingerprint density at radius 3 is 2.26 bits per heavy atom. The van der Waals surface area contributed by atoms with Crippen molar-refractivity contribution >= 4 is 11.9 Å². The molecule has 0 saturated heterocycles. The summed E-state index contributed by atoms with van der Waals surface area (Å²) >= 11 is 0. The zero-order valence-corrected chi connectivity index (χ0v) is 11.3. The minimum absolute atomic E-state index is 0.182. The van der Waals surface area contributed by atoms with Crippen molar-refractivity contribution in [2.24, 2.45) is 5.41 Å². The monoisotopic (exact) mass is 261 g/mol. The molecule has 4 nitrogen and oxygen atoms in total. The third kappa shape index (κ3) is 2.78. The van der Waals surface area contributed by atoms with Gasteiger partial charge in [-0.1, -0.05) is 25.5 Å². The van der Waals surface area contributed by atoms with Crippen LogP contribution in [0, 0.1) is 5.41 Å². The lowest BCUT2D eigenvalue weighted by Crippen LogP contribution is -2.44. The van der Waals surface area contributed by atoms with Crippen LogP contribution in [-0.4, -0.2) is 28.9 Å². The van der Waals surface area contributed by atoms with Crippen molar-refractivity contribution in [3.63, 3.8) is 0 Å². The smallest absolute Gasteiger partial charge is 0.335 e. The third-order valence-corrected chi connectivity index (χ3v) is 3.94. The molecule has 0 unspecified atom stereocenters. The summed E-state index contributed by atoms with van der Waals surface area (Å²) in [6, 6.07) is 6.66. The number of carbonyl (C=O) groups is 2. The topological polar surface area (TPSA) is 57.6 Å². The number of carboxylic acid groups (broad SMARTS) is 1. The van der Waals surface area contributed by atoms with Crippen LogP contribution in [0.3, 0.4) is 0 Å². The number of nitrogens with zero attached hydrogens (tertiary/aromatic N) is 1. The summed E-state index contributed by atoms with van der Waals surface area (Å²) in [5, 5.41) is 8.83. The van der Waals surface area contributed by atoms with Crippen LogP contribution in [-0.2, 0) is 11.3 Å². The number of hydrogen-bond donors (Lipinski definition) is 1. The van der Waals surface area contributed by atoms with Gasteiger partial charge in [0.2, 0.25) is 5.91 Å². The lowest BCUT2D eigenvalue weighted by Gasteiger charge is -2.39. The average molecular weight is 261 g/mol. The number of aromatic carboxylic acids is 1. The molecule has 1 aromatic carbocycles. The van der Waals surface area contributed by atoms with Crippen LogP contribution in [0.4, 0.5) is 0 Å². The summed E-state index contributed by atoms with van der Waals surface area (Å²) in [7, 11) is 1.80. The Morgan fingerprint density at radius 2 is 1.84 bits per heavy atom. The molecule has 1 saturated carbocycles. The maximum Gasteiger partial charge on any atom is 0.335 e. The maximum absolute atomic E-state index is 12.3. The van der Waals surface area contributed by atoms with E-state index >= 15 is 0 Å². The summed E-state index contributed by atoms with van der Waals surface area (Å²) in [4.78, 5) is 24.7. The van der Waals surface area contributed by atoms with E-state index in [1.165, 1.54) is 0 Å². The summed E-state index contributed by atoms with van der Waals surface area (Å²) in [6.07, 6.45) is 3.06. The van der Waals surface area contributed by atoms with E-state index in [1.54, 1.807) is 36.2 Å². The van der Waals surface area contributed by atoms with E-state index in [4.69, 9.17) is 5.11 Å². The van der Waals surface area contributed by atoms with Gasteiger partial charge in [0.15, 0.2) is 0 Å². The highest BCUT2D eigenvalue weighted by molar-refractivity contribution is 5.87. The van der Waals surface area contributed by atoms with E-state index in [0.717, 1.165) is 24.8 Å². The SMILES string of the molecule is CN(Cc1ccc(C(=O)O)cc1)C(=O)C1(C)CCC1. The minimum Gasteiger partial charge on any atom is -0.478 e. The second-order valence-electron chi connectivity index (χ2n) is 5.58. The molecular weight excluding hydrogens is 242 g/mol. The van der Waals surface area contributed by atoms with Crippen molar-refractivity contribution < 1.29 is 14.7 Å². The van der Waals surface area contributed by atoms with Gasteiger partial charge in [-0.15, -0.1) is 0 Å². The summed E-state index contributed by atoms with van der Waals surface area (Å²) in [5.41, 5.74) is 1.03. The number of carboxylic acids is 1. The number of amides is 1. The highest BCUT2D eigenvalue weighted by Crippen LogP contribution is 2.41. The van der Waals surface area contributed by atoms with Gasteiger partial charge in [0.1, 0.15) is 0 Å². The number of carbonyl (C=O) groups excluding carboxylic acids is 1. The second-order valence-corrected chi connectivity index (χ2v) is 5.58. The van der Waals surface area contributed by atoms with E-state index in [0.29, 0.717) is 6.54 Å². The first-order chi connectivity index (χ1) is 8.92. The van der Waals surface area contributed by atoms with E-state index in [1.807, 2.05) is 6.92 Å². The standard InChI is InChI=1S/C15H19NO3/c1-15(8-3-9-15)14(19)16(2)10-11-4-6-12(7-5-11)13(17)18/h4-7H,3,8-10H2,1-2H3,(H,17,18). The van der Waals surface area contributed by atoms with Crippen molar-refractivity contribution in [1.29, 1.82) is 0 Å². The molecule has 19 heavy (non-hydrogen) atoms. The van der Waals surface area contributed by atoms with Gasteiger partial charge in [-0.2, -0.15) is 0 Å². The molecule has 2 rings (SSSR count). The molecule has 1 aromatic rings. The van der Waals surface area contributed by atoms with Gasteiger partial charge < -0.3 is 10.0 Å². The molecule has 1 aliphatic carbocycles. The van der Waals surface area contributed by atoms with Gasteiger partial charge in [-0.05, 0) is 30.5 Å². The van der Waals surface area contributed by atoms with E-state index in [9.17, 15) is 9.59 Å².